The standard InChI is InChI=1S/C34H46N4O3/c1-37(25-30-15-9-4-10-16-30)27-34(26-35,18-17-28-11-5-2-6-12-28)36-33(40)31(23-29-13-7-3-8-14-29)24-32(39)38-19-21-41-22-20-38/h2,4-6,9-12,15-16,29,31H,3,7-8,13-14,17-25,27H2,1H3,(H,36,40)/t31-,34?/m1/s1. The van der Waals surface area contributed by atoms with Crippen molar-refractivity contribution >= 4 is 11.8 Å². The molecule has 2 aromatic rings. The van der Waals surface area contributed by atoms with Gasteiger partial charge in [-0.2, -0.15) is 5.26 Å². The highest BCUT2D eigenvalue weighted by atomic mass is 16.5. The fourth-order valence-electron chi connectivity index (χ4n) is 6.31. The molecule has 1 unspecified atom stereocenters. The molecule has 4 rings (SSSR count). The number of morpholine rings is 1. The van der Waals surface area contributed by atoms with Crippen LogP contribution in [0.15, 0.2) is 60.7 Å². The summed E-state index contributed by atoms with van der Waals surface area (Å²) in [6, 6.07) is 22.8. The highest BCUT2D eigenvalue weighted by molar-refractivity contribution is 5.86. The molecule has 2 atom stereocenters. The van der Waals surface area contributed by atoms with Crippen molar-refractivity contribution in [3.8, 4) is 6.07 Å². The van der Waals surface area contributed by atoms with Gasteiger partial charge in [0.1, 0.15) is 5.54 Å². The number of benzene rings is 2. The van der Waals surface area contributed by atoms with Gasteiger partial charge in [-0.05, 0) is 43.4 Å². The highest BCUT2D eigenvalue weighted by Gasteiger charge is 2.37. The molecule has 7 nitrogen and oxygen atoms in total. The number of amides is 2. The number of aryl methyl sites for hydroxylation is 1. The predicted octanol–water partition coefficient (Wildman–Crippen LogP) is 4.97. The second kappa shape index (κ2) is 15.7. The summed E-state index contributed by atoms with van der Waals surface area (Å²) < 4.78 is 5.43. The molecule has 2 fully saturated rings. The van der Waals surface area contributed by atoms with E-state index in [0.717, 1.165) is 24.0 Å². The van der Waals surface area contributed by atoms with E-state index in [4.69, 9.17) is 4.74 Å². The van der Waals surface area contributed by atoms with E-state index in [-0.39, 0.29) is 18.2 Å². The number of nitrogens with zero attached hydrogens (tertiary/aromatic N) is 3. The van der Waals surface area contributed by atoms with Crippen molar-refractivity contribution in [2.75, 3.05) is 39.9 Å². The molecule has 0 aromatic heterocycles. The van der Waals surface area contributed by atoms with Gasteiger partial charge in [0.2, 0.25) is 11.8 Å². The van der Waals surface area contributed by atoms with Gasteiger partial charge in [-0.15, -0.1) is 0 Å². The zero-order valence-electron chi connectivity index (χ0n) is 24.6. The number of nitrogens with one attached hydrogen (secondary N) is 1. The Morgan fingerprint density at radius 2 is 1.66 bits per heavy atom. The Balaban J connectivity index is 1.52. The number of likely N-dealkylation sites (N-methyl/N-ethyl adjacent to an activating group) is 1. The van der Waals surface area contributed by atoms with Gasteiger partial charge in [-0.1, -0.05) is 92.8 Å². The lowest BCUT2D eigenvalue weighted by molar-refractivity contribution is -0.140. The monoisotopic (exact) mass is 558 g/mol. The molecular formula is C34H46N4O3. The minimum atomic E-state index is -1.08. The molecule has 1 heterocycles. The van der Waals surface area contributed by atoms with Crippen LogP contribution in [0.1, 0.15) is 62.5 Å². The summed E-state index contributed by atoms with van der Waals surface area (Å²) in [6.07, 6.45) is 7.86. The van der Waals surface area contributed by atoms with Gasteiger partial charge in [-0.25, -0.2) is 0 Å². The SMILES string of the molecule is CN(Cc1ccccc1)CC(C#N)(CCc1ccccc1)NC(=O)[C@@H](CC(=O)N1CCOCC1)CC1CCCCC1. The molecule has 0 radical (unpaired) electrons. The molecule has 1 saturated heterocycles. The third-order valence-electron chi connectivity index (χ3n) is 8.59. The average Bonchev–Trinajstić information content (AvgIpc) is 3.01. The highest BCUT2D eigenvalue weighted by Crippen LogP contribution is 2.31. The van der Waals surface area contributed by atoms with E-state index in [9.17, 15) is 14.9 Å². The van der Waals surface area contributed by atoms with Crippen molar-refractivity contribution < 1.29 is 14.3 Å². The summed E-state index contributed by atoms with van der Waals surface area (Å²) in [5, 5.41) is 13.9. The smallest absolute Gasteiger partial charge is 0.224 e. The Labute approximate surface area is 245 Å². The van der Waals surface area contributed by atoms with Gasteiger partial charge in [0, 0.05) is 38.5 Å². The Morgan fingerprint density at radius 3 is 2.29 bits per heavy atom. The van der Waals surface area contributed by atoms with E-state index >= 15 is 0 Å². The van der Waals surface area contributed by atoms with Crippen LogP contribution >= 0.6 is 0 Å². The van der Waals surface area contributed by atoms with Crippen molar-refractivity contribution in [1.82, 2.24) is 15.1 Å². The lowest BCUT2D eigenvalue weighted by atomic mass is 9.81. The minimum absolute atomic E-state index is 0.0114. The fourth-order valence-corrected chi connectivity index (χ4v) is 6.31. The van der Waals surface area contributed by atoms with Gasteiger partial charge in [-0.3, -0.25) is 14.5 Å². The third kappa shape index (κ3) is 9.69. The molecule has 2 amide bonds. The van der Waals surface area contributed by atoms with Crippen molar-refractivity contribution in [1.29, 1.82) is 5.26 Å². The number of hydrogen-bond donors (Lipinski definition) is 1. The second-order valence-electron chi connectivity index (χ2n) is 12.0. The van der Waals surface area contributed by atoms with E-state index in [2.05, 4.69) is 40.6 Å². The van der Waals surface area contributed by atoms with Gasteiger partial charge >= 0.3 is 0 Å². The Hall–Kier alpha value is -3.21. The van der Waals surface area contributed by atoms with E-state index in [0.29, 0.717) is 64.6 Å². The Bertz CT molecular complexity index is 1120. The van der Waals surface area contributed by atoms with Crippen LogP contribution in [-0.4, -0.2) is 67.0 Å². The molecule has 220 valence electrons. The summed E-state index contributed by atoms with van der Waals surface area (Å²) in [5.41, 5.74) is 1.21. The molecule has 1 aliphatic heterocycles. The zero-order valence-corrected chi connectivity index (χ0v) is 24.6. The van der Waals surface area contributed by atoms with Crippen LogP contribution in [0.5, 0.6) is 0 Å². The van der Waals surface area contributed by atoms with E-state index in [1.807, 2.05) is 48.3 Å². The van der Waals surface area contributed by atoms with Crippen molar-refractivity contribution in [2.24, 2.45) is 11.8 Å². The first-order valence-electron chi connectivity index (χ1n) is 15.3. The topological polar surface area (TPSA) is 85.7 Å². The van der Waals surface area contributed by atoms with Crippen molar-refractivity contribution in [2.45, 2.75) is 69.9 Å². The zero-order chi connectivity index (χ0) is 28.9. The first kappa shape index (κ1) is 30.7. The molecule has 0 bridgehead atoms. The van der Waals surface area contributed by atoms with Gasteiger partial charge in [0.25, 0.3) is 0 Å². The quantitative estimate of drug-likeness (QED) is 0.375. The maximum atomic E-state index is 14.1. The number of ether oxygens (including phenoxy) is 1. The maximum absolute atomic E-state index is 14.1. The summed E-state index contributed by atoms with van der Waals surface area (Å²) in [5.74, 6) is -0.159. The molecule has 2 aliphatic rings. The predicted molar refractivity (Wildman–Crippen MR) is 161 cm³/mol. The van der Waals surface area contributed by atoms with Gasteiger partial charge in [0.15, 0.2) is 0 Å². The molecule has 1 aliphatic carbocycles. The molecule has 41 heavy (non-hydrogen) atoms. The third-order valence-corrected chi connectivity index (χ3v) is 8.59. The van der Waals surface area contributed by atoms with Crippen LogP contribution in [0.3, 0.4) is 0 Å². The van der Waals surface area contributed by atoms with Crippen LogP contribution in [0.2, 0.25) is 0 Å². The van der Waals surface area contributed by atoms with Gasteiger partial charge < -0.3 is 15.0 Å². The number of nitriles is 1. The van der Waals surface area contributed by atoms with Crippen LogP contribution in [0, 0.1) is 23.2 Å². The van der Waals surface area contributed by atoms with Crippen LogP contribution < -0.4 is 5.32 Å². The first-order chi connectivity index (χ1) is 20.0. The number of rotatable bonds is 13. The lowest BCUT2D eigenvalue weighted by Crippen LogP contribution is -2.56. The average molecular weight is 559 g/mol. The van der Waals surface area contributed by atoms with E-state index < -0.39 is 11.5 Å². The Kier molecular flexibility index (Phi) is 11.8. The molecule has 1 saturated carbocycles. The summed E-state index contributed by atoms with van der Waals surface area (Å²) in [7, 11) is 2.00. The van der Waals surface area contributed by atoms with Crippen LogP contribution in [-0.2, 0) is 27.3 Å². The van der Waals surface area contributed by atoms with Crippen LogP contribution in [0.4, 0.5) is 0 Å². The Morgan fingerprint density at radius 1 is 1.02 bits per heavy atom. The molecule has 7 heteroatoms. The van der Waals surface area contributed by atoms with Gasteiger partial charge in [0.05, 0.1) is 19.3 Å². The number of carbonyl (C=O) groups is 2. The first-order valence-corrected chi connectivity index (χ1v) is 15.3. The minimum Gasteiger partial charge on any atom is -0.378 e. The second-order valence-corrected chi connectivity index (χ2v) is 12.0. The molecule has 1 N–H and O–H groups in total. The lowest BCUT2D eigenvalue weighted by Gasteiger charge is -2.35. The fraction of sp³-hybridized carbons (Fsp3) is 0.559. The van der Waals surface area contributed by atoms with Crippen molar-refractivity contribution in [3.05, 3.63) is 71.8 Å². The summed E-state index contributed by atoms with van der Waals surface area (Å²) >= 11 is 0. The molecular weight excluding hydrogens is 512 g/mol. The molecule has 0 spiro atoms. The molecule has 2 aromatic carbocycles. The maximum Gasteiger partial charge on any atom is 0.224 e. The largest absolute Gasteiger partial charge is 0.378 e. The van der Waals surface area contributed by atoms with Crippen molar-refractivity contribution in [3.63, 3.8) is 0 Å². The summed E-state index contributed by atoms with van der Waals surface area (Å²) in [4.78, 5) is 31.3. The van der Waals surface area contributed by atoms with E-state index in [1.165, 1.54) is 19.3 Å². The normalized spacial score (nSPS) is 18.3. The van der Waals surface area contributed by atoms with Crippen LogP contribution in [0.25, 0.3) is 0 Å². The van der Waals surface area contributed by atoms with E-state index in [1.54, 1.807) is 0 Å². The number of carbonyl (C=O) groups excluding carboxylic acids is 2. The number of hydrogen-bond acceptors (Lipinski definition) is 5. The summed E-state index contributed by atoms with van der Waals surface area (Å²) in [6.45, 7) is 3.28.